The van der Waals surface area contributed by atoms with Gasteiger partial charge in [-0.25, -0.2) is 4.79 Å². The molecule has 0 aliphatic heterocycles. The van der Waals surface area contributed by atoms with Crippen LogP contribution in [0.2, 0.25) is 0 Å². The first-order chi connectivity index (χ1) is 9.95. The number of aliphatic carboxylic acids is 1. The number of aromatic nitrogens is 1. The second-order valence-corrected chi connectivity index (χ2v) is 4.47. The first-order valence-corrected chi connectivity index (χ1v) is 6.57. The van der Waals surface area contributed by atoms with Gasteiger partial charge in [0.1, 0.15) is 11.7 Å². The Morgan fingerprint density at radius 3 is 2.62 bits per heavy atom. The summed E-state index contributed by atoms with van der Waals surface area (Å²) in [4.78, 5) is 38.4. The molecule has 0 fully saturated rings. The summed E-state index contributed by atoms with van der Waals surface area (Å²) in [6.45, 7) is 3.45. The molecule has 0 unspecified atom stereocenters. The fourth-order valence-electron chi connectivity index (χ4n) is 1.69. The highest BCUT2D eigenvalue weighted by Crippen LogP contribution is 2.09. The van der Waals surface area contributed by atoms with Crippen molar-refractivity contribution in [2.45, 2.75) is 26.3 Å². The Bertz CT molecular complexity index is 503. The van der Waals surface area contributed by atoms with Gasteiger partial charge in [-0.15, -0.1) is 0 Å². The van der Waals surface area contributed by atoms with E-state index in [1.165, 1.54) is 12.3 Å². The highest BCUT2D eigenvalue weighted by molar-refractivity contribution is 5.95. The Hall–Kier alpha value is -2.44. The Kier molecular flexibility index (Phi) is 6.32. The maximum Gasteiger partial charge on any atom is 0.326 e. The van der Waals surface area contributed by atoms with Crippen molar-refractivity contribution in [3.63, 3.8) is 0 Å². The van der Waals surface area contributed by atoms with Gasteiger partial charge in [-0.3, -0.25) is 14.6 Å². The molecule has 0 aliphatic carbocycles. The van der Waals surface area contributed by atoms with Crippen molar-refractivity contribution in [3.05, 3.63) is 30.1 Å². The number of nitrogens with zero attached hydrogens (tertiary/aromatic N) is 1. The normalized spacial score (nSPS) is 13.0. The Balaban J connectivity index is 2.68. The molecule has 0 aliphatic rings. The SMILES string of the molecule is CCOC(=O)[C@@H](C)C[C@H](NC(=O)c1ccccn1)C(=O)O. The molecule has 21 heavy (non-hydrogen) atoms. The number of carboxylic acid groups (broad SMARTS) is 1. The zero-order valence-corrected chi connectivity index (χ0v) is 11.9. The number of hydrogen-bond acceptors (Lipinski definition) is 5. The number of pyridine rings is 1. The molecule has 1 aromatic heterocycles. The summed E-state index contributed by atoms with van der Waals surface area (Å²) >= 11 is 0. The first-order valence-electron chi connectivity index (χ1n) is 6.57. The van der Waals surface area contributed by atoms with Crippen LogP contribution in [0.3, 0.4) is 0 Å². The average molecular weight is 294 g/mol. The van der Waals surface area contributed by atoms with Crippen LogP contribution in [-0.2, 0) is 14.3 Å². The minimum Gasteiger partial charge on any atom is -0.480 e. The average Bonchev–Trinajstić information content (AvgIpc) is 2.47. The Labute approximate surface area is 122 Å². The van der Waals surface area contributed by atoms with Gasteiger partial charge in [-0.05, 0) is 25.5 Å². The third-order valence-electron chi connectivity index (χ3n) is 2.78. The number of carbonyl (C=O) groups is 3. The third-order valence-corrected chi connectivity index (χ3v) is 2.78. The van der Waals surface area contributed by atoms with E-state index in [1.807, 2.05) is 0 Å². The minimum atomic E-state index is -1.21. The van der Waals surface area contributed by atoms with Gasteiger partial charge in [0.15, 0.2) is 0 Å². The Morgan fingerprint density at radius 1 is 1.38 bits per heavy atom. The molecule has 7 nitrogen and oxygen atoms in total. The van der Waals surface area contributed by atoms with E-state index in [0.29, 0.717) is 0 Å². The molecule has 2 N–H and O–H groups in total. The first kappa shape index (κ1) is 16.6. The van der Waals surface area contributed by atoms with Crippen LogP contribution < -0.4 is 5.32 Å². The van der Waals surface area contributed by atoms with Gasteiger partial charge in [0, 0.05) is 6.20 Å². The predicted octanol–water partition coefficient (Wildman–Crippen LogP) is 0.854. The van der Waals surface area contributed by atoms with Crippen LogP contribution in [0.25, 0.3) is 0 Å². The van der Waals surface area contributed by atoms with E-state index in [4.69, 9.17) is 9.84 Å². The lowest BCUT2D eigenvalue weighted by molar-refractivity contribution is -0.148. The van der Waals surface area contributed by atoms with Crippen LogP contribution >= 0.6 is 0 Å². The van der Waals surface area contributed by atoms with E-state index in [1.54, 1.807) is 26.0 Å². The van der Waals surface area contributed by atoms with E-state index < -0.39 is 29.8 Å². The zero-order chi connectivity index (χ0) is 15.8. The molecule has 1 amide bonds. The topological polar surface area (TPSA) is 106 Å². The van der Waals surface area contributed by atoms with E-state index >= 15 is 0 Å². The van der Waals surface area contributed by atoms with E-state index in [9.17, 15) is 14.4 Å². The van der Waals surface area contributed by atoms with Crippen molar-refractivity contribution >= 4 is 17.8 Å². The van der Waals surface area contributed by atoms with Crippen molar-refractivity contribution in [1.82, 2.24) is 10.3 Å². The summed E-state index contributed by atoms with van der Waals surface area (Å²) in [5.74, 6) is -2.93. The number of esters is 1. The highest BCUT2D eigenvalue weighted by Gasteiger charge is 2.27. The largest absolute Gasteiger partial charge is 0.480 e. The van der Waals surface area contributed by atoms with Crippen LogP contribution in [0.4, 0.5) is 0 Å². The van der Waals surface area contributed by atoms with Crippen molar-refractivity contribution in [1.29, 1.82) is 0 Å². The fourth-order valence-corrected chi connectivity index (χ4v) is 1.69. The molecular formula is C14H18N2O5. The van der Waals surface area contributed by atoms with E-state index in [0.717, 1.165) is 0 Å². The van der Waals surface area contributed by atoms with Crippen LogP contribution in [-0.4, -0.2) is 40.6 Å². The maximum absolute atomic E-state index is 11.9. The second-order valence-electron chi connectivity index (χ2n) is 4.47. The standard InChI is InChI=1S/C14H18N2O5/c1-3-21-14(20)9(2)8-11(13(18)19)16-12(17)10-6-4-5-7-15-10/h4-7,9,11H,3,8H2,1-2H3,(H,16,17)(H,18,19)/t9-,11-/m0/s1. The van der Waals surface area contributed by atoms with Gasteiger partial charge in [-0.1, -0.05) is 13.0 Å². The van der Waals surface area contributed by atoms with Crippen LogP contribution in [0.15, 0.2) is 24.4 Å². The molecule has 0 saturated carbocycles. The smallest absolute Gasteiger partial charge is 0.326 e. The summed E-state index contributed by atoms with van der Waals surface area (Å²) in [5, 5.41) is 11.5. The van der Waals surface area contributed by atoms with Crippen LogP contribution in [0, 0.1) is 5.92 Å². The maximum atomic E-state index is 11.9. The molecule has 0 radical (unpaired) electrons. The van der Waals surface area contributed by atoms with Gasteiger partial charge >= 0.3 is 11.9 Å². The monoisotopic (exact) mass is 294 g/mol. The molecule has 1 heterocycles. The third kappa shape index (κ3) is 5.21. The molecule has 7 heteroatoms. The van der Waals surface area contributed by atoms with Crippen molar-refractivity contribution < 1.29 is 24.2 Å². The van der Waals surface area contributed by atoms with Crippen LogP contribution in [0.1, 0.15) is 30.8 Å². The van der Waals surface area contributed by atoms with Gasteiger partial charge in [0.2, 0.25) is 0 Å². The van der Waals surface area contributed by atoms with Gasteiger partial charge in [0.05, 0.1) is 12.5 Å². The quantitative estimate of drug-likeness (QED) is 0.722. The Morgan fingerprint density at radius 2 is 2.10 bits per heavy atom. The molecule has 1 rings (SSSR count). The van der Waals surface area contributed by atoms with Gasteiger partial charge < -0.3 is 15.2 Å². The molecule has 1 aromatic rings. The number of carbonyl (C=O) groups excluding carboxylic acids is 2. The second kappa shape index (κ2) is 7.98. The summed E-state index contributed by atoms with van der Waals surface area (Å²) in [6, 6.07) is 3.56. The lowest BCUT2D eigenvalue weighted by Crippen LogP contribution is -2.43. The lowest BCUT2D eigenvalue weighted by Gasteiger charge is -2.17. The minimum absolute atomic E-state index is 0.0489. The number of ether oxygens (including phenoxy) is 1. The number of carboxylic acids is 1. The van der Waals surface area contributed by atoms with Crippen molar-refractivity contribution in [3.8, 4) is 0 Å². The molecule has 0 aromatic carbocycles. The predicted molar refractivity (Wildman–Crippen MR) is 73.5 cm³/mol. The molecule has 0 saturated heterocycles. The van der Waals surface area contributed by atoms with Crippen molar-refractivity contribution in [2.24, 2.45) is 5.92 Å². The molecule has 2 atom stereocenters. The molecular weight excluding hydrogens is 276 g/mol. The van der Waals surface area contributed by atoms with E-state index in [2.05, 4.69) is 10.3 Å². The lowest BCUT2D eigenvalue weighted by atomic mass is 10.0. The number of amides is 1. The summed E-state index contributed by atoms with van der Waals surface area (Å²) < 4.78 is 4.82. The summed E-state index contributed by atoms with van der Waals surface area (Å²) in [7, 11) is 0. The number of hydrogen-bond donors (Lipinski definition) is 2. The summed E-state index contributed by atoms with van der Waals surface area (Å²) in [6.07, 6.45) is 1.39. The van der Waals surface area contributed by atoms with Gasteiger partial charge in [-0.2, -0.15) is 0 Å². The molecule has 114 valence electrons. The highest BCUT2D eigenvalue weighted by atomic mass is 16.5. The zero-order valence-electron chi connectivity index (χ0n) is 11.9. The van der Waals surface area contributed by atoms with Gasteiger partial charge in [0.25, 0.3) is 5.91 Å². The molecule has 0 bridgehead atoms. The van der Waals surface area contributed by atoms with Crippen molar-refractivity contribution in [2.75, 3.05) is 6.61 Å². The molecule has 0 spiro atoms. The number of nitrogens with one attached hydrogen (secondary N) is 1. The number of rotatable bonds is 7. The van der Waals surface area contributed by atoms with E-state index in [-0.39, 0.29) is 18.7 Å². The fraction of sp³-hybridized carbons (Fsp3) is 0.429. The summed E-state index contributed by atoms with van der Waals surface area (Å²) in [5.41, 5.74) is 0.118. The van der Waals surface area contributed by atoms with Crippen LogP contribution in [0.5, 0.6) is 0 Å².